The largest absolute Gasteiger partial charge is 0.271 e. The summed E-state index contributed by atoms with van der Waals surface area (Å²) in [5, 5.41) is 1.78. The summed E-state index contributed by atoms with van der Waals surface area (Å²) < 4.78 is 13.4. The zero-order chi connectivity index (χ0) is 9.97. The van der Waals surface area contributed by atoms with Crippen molar-refractivity contribution in [3.8, 4) is 0 Å². The van der Waals surface area contributed by atoms with Gasteiger partial charge in [-0.1, -0.05) is 12.8 Å². The lowest BCUT2D eigenvalue weighted by Crippen LogP contribution is -2.32. The second-order valence-corrected chi connectivity index (χ2v) is 4.77. The van der Waals surface area contributed by atoms with Crippen molar-refractivity contribution in [3.05, 3.63) is 22.1 Å². The van der Waals surface area contributed by atoms with Crippen molar-refractivity contribution in [2.45, 2.75) is 31.7 Å². The lowest BCUT2D eigenvalue weighted by molar-refractivity contribution is 0.369. The first kappa shape index (κ1) is 10.1. The molecule has 1 aliphatic rings. The first-order valence-corrected chi connectivity index (χ1v) is 5.90. The van der Waals surface area contributed by atoms with Crippen LogP contribution in [0.1, 0.15) is 36.6 Å². The summed E-state index contributed by atoms with van der Waals surface area (Å²) in [6, 6.07) is 1.52. The van der Waals surface area contributed by atoms with Gasteiger partial charge in [-0.15, -0.1) is 11.3 Å². The van der Waals surface area contributed by atoms with Gasteiger partial charge in [0.15, 0.2) is 0 Å². The second-order valence-electron chi connectivity index (χ2n) is 3.82. The van der Waals surface area contributed by atoms with Crippen molar-refractivity contribution in [1.29, 1.82) is 0 Å². The van der Waals surface area contributed by atoms with Crippen LogP contribution in [0.25, 0.3) is 0 Å². The number of rotatable bonds is 3. The SMILES string of the molecule is NNC(c1sccc1F)C1CCCC1. The molecule has 0 aromatic carbocycles. The molecule has 0 bridgehead atoms. The van der Waals surface area contributed by atoms with Gasteiger partial charge in [-0.2, -0.15) is 0 Å². The van der Waals surface area contributed by atoms with E-state index in [-0.39, 0.29) is 11.9 Å². The van der Waals surface area contributed by atoms with E-state index in [1.54, 1.807) is 5.38 Å². The zero-order valence-electron chi connectivity index (χ0n) is 8.00. The molecule has 3 N–H and O–H groups in total. The Hall–Kier alpha value is -0.450. The molecule has 0 spiro atoms. The molecule has 1 fully saturated rings. The van der Waals surface area contributed by atoms with Gasteiger partial charge in [-0.3, -0.25) is 11.3 Å². The van der Waals surface area contributed by atoms with E-state index in [1.165, 1.54) is 30.2 Å². The number of nitrogens with one attached hydrogen (secondary N) is 1. The normalized spacial score (nSPS) is 20.1. The number of hydrogen-bond acceptors (Lipinski definition) is 3. The van der Waals surface area contributed by atoms with Crippen molar-refractivity contribution in [2.75, 3.05) is 0 Å². The number of halogens is 1. The molecule has 1 heterocycles. The smallest absolute Gasteiger partial charge is 0.138 e. The molecule has 1 aliphatic carbocycles. The summed E-state index contributed by atoms with van der Waals surface area (Å²) in [6.07, 6.45) is 4.81. The van der Waals surface area contributed by atoms with Gasteiger partial charge in [0.2, 0.25) is 0 Å². The molecular formula is C10H15FN2S. The van der Waals surface area contributed by atoms with E-state index in [2.05, 4.69) is 5.43 Å². The quantitative estimate of drug-likeness (QED) is 0.599. The Labute approximate surface area is 87.3 Å². The minimum absolute atomic E-state index is 0.0116. The van der Waals surface area contributed by atoms with Gasteiger partial charge in [0.05, 0.1) is 10.9 Å². The van der Waals surface area contributed by atoms with E-state index in [0.717, 1.165) is 17.7 Å². The van der Waals surface area contributed by atoms with Gasteiger partial charge < -0.3 is 0 Å². The summed E-state index contributed by atoms with van der Waals surface area (Å²) >= 11 is 1.45. The van der Waals surface area contributed by atoms with Crippen LogP contribution in [0.15, 0.2) is 11.4 Å². The van der Waals surface area contributed by atoms with Crippen LogP contribution in [0.2, 0.25) is 0 Å². The van der Waals surface area contributed by atoms with Crippen molar-refractivity contribution < 1.29 is 4.39 Å². The van der Waals surface area contributed by atoms with Gasteiger partial charge in [-0.05, 0) is 30.2 Å². The average molecular weight is 214 g/mol. The Morgan fingerprint density at radius 2 is 2.21 bits per heavy atom. The first-order chi connectivity index (χ1) is 6.83. The lowest BCUT2D eigenvalue weighted by atomic mass is 9.97. The molecule has 78 valence electrons. The molecule has 1 aromatic rings. The number of hydrogen-bond donors (Lipinski definition) is 2. The Kier molecular flexibility index (Phi) is 3.15. The summed E-state index contributed by atoms with van der Waals surface area (Å²) in [6.45, 7) is 0. The molecule has 0 amide bonds. The molecule has 0 saturated heterocycles. The first-order valence-electron chi connectivity index (χ1n) is 5.02. The highest BCUT2D eigenvalue weighted by atomic mass is 32.1. The van der Waals surface area contributed by atoms with E-state index < -0.39 is 0 Å². The fraction of sp³-hybridized carbons (Fsp3) is 0.600. The van der Waals surface area contributed by atoms with Crippen LogP contribution in [0.4, 0.5) is 4.39 Å². The fourth-order valence-electron chi connectivity index (χ4n) is 2.24. The standard InChI is InChI=1S/C10H15FN2S/c11-8-5-6-14-10(8)9(13-12)7-3-1-2-4-7/h5-7,9,13H,1-4,12H2. The van der Waals surface area contributed by atoms with Gasteiger partial charge >= 0.3 is 0 Å². The van der Waals surface area contributed by atoms with Crippen molar-refractivity contribution >= 4 is 11.3 Å². The van der Waals surface area contributed by atoms with Crippen LogP contribution in [-0.2, 0) is 0 Å². The van der Waals surface area contributed by atoms with Crippen LogP contribution < -0.4 is 11.3 Å². The van der Waals surface area contributed by atoms with Gasteiger partial charge in [0, 0.05) is 0 Å². The van der Waals surface area contributed by atoms with Gasteiger partial charge in [0.1, 0.15) is 5.82 Å². The molecular weight excluding hydrogens is 199 g/mol. The highest BCUT2D eigenvalue weighted by molar-refractivity contribution is 7.10. The third-order valence-corrected chi connectivity index (χ3v) is 3.95. The summed E-state index contributed by atoms with van der Waals surface area (Å²) in [7, 11) is 0. The molecule has 1 atom stereocenters. The highest BCUT2D eigenvalue weighted by Gasteiger charge is 2.28. The Morgan fingerprint density at radius 1 is 1.50 bits per heavy atom. The molecule has 1 aromatic heterocycles. The Bertz CT molecular complexity index is 294. The van der Waals surface area contributed by atoms with Crippen LogP contribution >= 0.6 is 11.3 Å². The maximum atomic E-state index is 13.4. The topological polar surface area (TPSA) is 38.0 Å². The molecule has 1 saturated carbocycles. The number of nitrogens with two attached hydrogens (primary N) is 1. The monoisotopic (exact) mass is 214 g/mol. The predicted octanol–water partition coefficient (Wildman–Crippen LogP) is 2.58. The van der Waals surface area contributed by atoms with E-state index in [0.29, 0.717) is 5.92 Å². The van der Waals surface area contributed by atoms with Crippen molar-refractivity contribution in [2.24, 2.45) is 11.8 Å². The molecule has 0 radical (unpaired) electrons. The number of thiophene rings is 1. The minimum atomic E-state index is -0.121. The highest BCUT2D eigenvalue weighted by Crippen LogP contribution is 2.37. The molecule has 14 heavy (non-hydrogen) atoms. The van der Waals surface area contributed by atoms with E-state index in [4.69, 9.17) is 5.84 Å². The van der Waals surface area contributed by atoms with E-state index in [1.807, 2.05) is 0 Å². The third-order valence-electron chi connectivity index (χ3n) is 2.98. The molecule has 2 nitrogen and oxygen atoms in total. The maximum Gasteiger partial charge on any atom is 0.138 e. The Balaban J connectivity index is 2.16. The maximum absolute atomic E-state index is 13.4. The van der Waals surface area contributed by atoms with Crippen molar-refractivity contribution in [1.82, 2.24) is 5.43 Å². The van der Waals surface area contributed by atoms with Gasteiger partial charge in [0.25, 0.3) is 0 Å². The summed E-state index contributed by atoms with van der Waals surface area (Å²) in [4.78, 5) is 0.763. The van der Waals surface area contributed by atoms with E-state index >= 15 is 0 Å². The molecule has 1 unspecified atom stereocenters. The van der Waals surface area contributed by atoms with Crippen LogP contribution in [0, 0.1) is 11.7 Å². The summed E-state index contributed by atoms with van der Waals surface area (Å²) in [5.74, 6) is 5.89. The van der Waals surface area contributed by atoms with Crippen LogP contribution in [-0.4, -0.2) is 0 Å². The molecule has 0 aliphatic heterocycles. The third kappa shape index (κ3) is 1.82. The minimum Gasteiger partial charge on any atom is -0.271 e. The predicted molar refractivity (Wildman–Crippen MR) is 56.3 cm³/mol. The van der Waals surface area contributed by atoms with Crippen LogP contribution in [0.5, 0.6) is 0 Å². The second kappa shape index (κ2) is 4.38. The molecule has 4 heteroatoms. The zero-order valence-corrected chi connectivity index (χ0v) is 8.82. The average Bonchev–Trinajstić information content (AvgIpc) is 2.80. The number of hydrazine groups is 1. The lowest BCUT2D eigenvalue weighted by Gasteiger charge is -2.21. The van der Waals surface area contributed by atoms with Crippen LogP contribution in [0.3, 0.4) is 0 Å². The fourth-order valence-corrected chi connectivity index (χ4v) is 3.17. The molecule has 2 rings (SSSR count). The van der Waals surface area contributed by atoms with Gasteiger partial charge in [-0.25, -0.2) is 4.39 Å². The summed E-state index contributed by atoms with van der Waals surface area (Å²) in [5.41, 5.74) is 2.76. The van der Waals surface area contributed by atoms with E-state index in [9.17, 15) is 4.39 Å². The Morgan fingerprint density at radius 3 is 2.71 bits per heavy atom. The van der Waals surface area contributed by atoms with Crippen molar-refractivity contribution in [3.63, 3.8) is 0 Å².